The quantitative estimate of drug-likeness (QED) is 0.698. The number of carbonyl (C=O) groups excluding carboxylic acids is 1. The molecule has 3 rings (SSSR count). The van der Waals surface area contributed by atoms with Crippen LogP contribution in [0.3, 0.4) is 0 Å². The first kappa shape index (κ1) is 21.8. The van der Waals surface area contributed by atoms with Gasteiger partial charge in [-0.3, -0.25) is 9.69 Å². The van der Waals surface area contributed by atoms with Gasteiger partial charge >= 0.3 is 5.97 Å². The molecule has 2 atom stereocenters. The average molecular weight is 411 g/mol. The molecule has 0 aromatic heterocycles. The van der Waals surface area contributed by atoms with Crippen LogP contribution in [0.15, 0.2) is 48.5 Å². The van der Waals surface area contributed by atoms with Gasteiger partial charge in [-0.25, -0.2) is 4.79 Å². The zero-order valence-electron chi connectivity index (χ0n) is 17.8. The Balaban J connectivity index is 1.71. The third kappa shape index (κ3) is 5.39. The predicted octanol–water partition coefficient (Wildman–Crippen LogP) is 3.35. The fourth-order valence-corrected chi connectivity index (χ4v) is 3.83. The van der Waals surface area contributed by atoms with Crippen molar-refractivity contribution >= 4 is 11.9 Å². The van der Waals surface area contributed by atoms with Gasteiger partial charge < -0.3 is 15.2 Å². The Hall–Kier alpha value is -2.86. The van der Waals surface area contributed by atoms with Gasteiger partial charge in [0.2, 0.25) is 5.91 Å². The second-order valence-corrected chi connectivity index (χ2v) is 8.10. The van der Waals surface area contributed by atoms with E-state index < -0.39 is 12.0 Å². The van der Waals surface area contributed by atoms with Gasteiger partial charge in [0, 0.05) is 12.0 Å². The van der Waals surface area contributed by atoms with Gasteiger partial charge in [0.15, 0.2) is 0 Å². The Morgan fingerprint density at radius 3 is 2.47 bits per heavy atom. The highest BCUT2D eigenvalue weighted by atomic mass is 16.5. The first-order valence-electron chi connectivity index (χ1n) is 10.4. The maximum Gasteiger partial charge on any atom is 0.326 e. The van der Waals surface area contributed by atoms with Crippen LogP contribution in [-0.2, 0) is 16.0 Å². The zero-order chi connectivity index (χ0) is 21.7. The smallest absolute Gasteiger partial charge is 0.326 e. The number of nitrogens with zero attached hydrogens (tertiary/aromatic N) is 1. The molecule has 2 aromatic carbocycles. The number of ether oxygens (including phenoxy) is 1. The summed E-state index contributed by atoms with van der Waals surface area (Å²) in [6, 6.07) is 14.4. The van der Waals surface area contributed by atoms with Crippen LogP contribution < -0.4 is 10.1 Å². The van der Waals surface area contributed by atoms with Crippen LogP contribution in [-0.4, -0.2) is 53.7 Å². The summed E-state index contributed by atoms with van der Waals surface area (Å²) < 4.78 is 5.90. The minimum atomic E-state index is -1.02. The molecule has 6 heteroatoms. The maximum absolute atomic E-state index is 12.5. The van der Waals surface area contributed by atoms with E-state index in [2.05, 4.69) is 5.32 Å². The molecule has 1 aliphatic heterocycles. The Morgan fingerprint density at radius 2 is 1.87 bits per heavy atom. The summed E-state index contributed by atoms with van der Waals surface area (Å²) in [6.07, 6.45) is 2.03. The fraction of sp³-hybridized carbons (Fsp3) is 0.417. The van der Waals surface area contributed by atoms with Crippen molar-refractivity contribution in [2.75, 3.05) is 13.6 Å². The number of amides is 1. The number of likely N-dealkylation sites (tertiary alicyclic amines) is 1. The summed E-state index contributed by atoms with van der Waals surface area (Å²) in [6.45, 7) is 4.84. The number of aliphatic carboxylic acids is 1. The third-order valence-electron chi connectivity index (χ3n) is 5.39. The zero-order valence-corrected chi connectivity index (χ0v) is 17.8. The molecular weight excluding hydrogens is 380 g/mol. The minimum absolute atomic E-state index is 0.0734. The van der Waals surface area contributed by atoms with Crippen molar-refractivity contribution in [2.45, 2.75) is 51.3 Å². The molecule has 30 heavy (non-hydrogen) atoms. The Labute approximate surface area is 177 Å². The summed E-state index contributed by atoms with van der Waals surface area (Å²) in [7, 11) is 1.90. The monoisotopic (exact) mass is 410 g/mol. The second-order valence-electron chi connectivity index (χ2n) is 8.10. The molecule has 2 N–H and O–H groups in total. The van der Waals surface area contributed by atoms with Crippen molar-refractivity contribution in [3.8, 4) is 16.9 Å². The minimum Gasteiger partial charge on any atom is -0.490 e. The summed E-state index contributed by atoms with van der Waals surface area (Å²) in [4.78, 5) is 26.2. The van der Waals surface area contributed by atoms with E-state index >= 15 is 0 Å². The van der Waals surface area contributed by atoms with Crippen LogP contribution >= 0.6 is 0 Å². The molecule has 160 valence electrons. The number of likely N-dealkylation sites (N-methyl/N-ethyl adjacent to an activating group) is 1. The third-order valence-corrected chi connectivity index (χ3v) is 5.39. The van der Waals surface area contributed by atoms with E-state index in [-0.39, 0.29) is 24.5 Å². The number of nitrogens with one attached hydrogen (secondary N) is 1. The number of carboxylic acid groups (broad SMARTS) is 1. The van der Waals surface area contributed by atoms with Gasteiger partial charge in [0.1, 0.15) is 11.8 Å². The standard InChI is InChI=1S/C24H30N2O4/c1-16(2)30-22-9-5-4-7-19(22)18-12-10-17(11-13-18)15-20(24(28)29)25-23(27)21-8-6-14-26(21)3/h4-5,7,9-13,16,20-21H,6,8,14-15H2,1-3H3,(H,25,27)(H,28,29)/t20-,21-/m0/s1. The van der Waals surface area contributed by atoms with Gasteiger partial charge in [0.25, 0.3) is 0 Å². The largest absolute Gasteiger partial charge is 0.490 e. The van der Waals surface area contributed by atoms with Crippen molar-refractivity contribution in [2.24, 2.45) is 0 Å². The van der Waals surface area contributed by atoms with E-state index in [1.165, 1.54) is 0 Å². The maximum atomic E-state index is 12.5. The topological polar surface area (TPSA) is 78.9 Å². The summed E-state index contributed by atoms with van der Waals surface area (Å²) in [5, 5.41) is 12.3. The highest BCUT2D eigenvalue weighted by molar-refractivity contribution is 5.87. The molecular formula is C24H30N2O4. The molecule has 0 saturated carbocycles. The van der Waals surface area contributed by atoms with Gasteiger partial charge in [-0.05, 0) is 57.5 Å². The molecule has 0 bridgehead atoms. The molecule has 0 radical (unpaired) electrons. The second kappa shape index (κ2) is 9.76. The predicted molar refractivity (Wildman–Crippen MR) is 117 cm³/mol. The molecule has 1 saturated heterocycles. The van der Waals surface area contributed by atoms with Crippen LogP contribution in [0, 0.1) is 0 Å². The molecule has 2 aromatic rings. The van der Waals surface area contributed by atoms with Crippen molar-refractivity contribution < 1.29 is 19.4 Å². The lowest BCUT2D eigenvalue weighted by Gasteiger charge is -2.22. The van der Waals surface area contributed by atoms with Crippen LogP contribution in [0.4, 0.5) is 0 Å². The van der Waals surface area contributed by atoms with Gasteiger partial charge in [-0.1, -0.05) is 42.5 Å². The first-order valence-corrected chi connectivity index (χ1v) is 10.4. The number of carbonyl (C=O) groups is 2. The summed E-state index contributed by atoms with van der Waals surface area (Å²) >= 11 is 0. The van der Waals surface area contributed by atoms with Crippen LogP contribution in [0.2, 0.25) is 0 Å². The molecule has 1 heterocycles. The molecule has 0 aliphatic carbocycles. The van der Waals surface area contributed by atoms with Crippen LogP contribution in [0.25, 0.3) is 11.1 Å². The van der Waals surface area contributed by atoms with Crippen molar-refractivity contribution in [1.29, 1.82) is 0 Å². The SMILES string of the molecule is CC(C)Oc1ccccc1-c1ccc(C[C@H](NC(=O)[C@@H]2CCCN2C)C(=O)O)cc1. The van der Waals surface area contributed by atoms with Crippen molar-refractivity contribution in [1.82, 2.24) is 10.2 Å². The van der Waals surface area contributed by atoms with E-state index in [0.717, 1.165) is 41.8 Å². The van der Waals surface area contributed by atoms with E-state index in [4.69, 9.17) is 4.74 Å². The lowest BCUT2D eigenvalue weighted by Crippen LogP contribution is -2.49. The summed E-state index contributed by atoms with van der Waals surface area (Å²) in [5.74, 6) is -0.417. The molecule has 0 unspecified atom stereocenters. The Morgan fingerprint density at radius 1 is 1.17 bits per heavy atom. The van der Waals surface area contributed by atoms with Crippen molar-refractivity contribution in [3.05, 3.63) is 54.1 Å². The van der Waals surface area contributed by atoms with E-state index in [1.54, 1.807) is 0 Å². The number of rotatable bonds is 8. The molecule has 1 fully saturated rings. The van der Waals surface area contributed by atoms with E-state index in [1.807, 2.05) is 74.3 Å². The van der Waals surface area contributed by atoms with Crippen LogP contribution in [0.5, 0.6) is 5.75 Å². The number of benzene rings is 2. The lowest BCUT2D eigenvalue weighted by molar-refractivity contribution is -0.142. The van der Waals surface area contributed by atoms with Gasteiger partial charge in [-0.2, -0.15) is 0 Å². The fourth-order valence-electron chi connectivity index (χ4n) is 3.83. The van der Waals surface area contributed by atoms with Gasteiger partial charge in [-0.15, -0.1) is 0 Å². The number of para-hydroxylation sites is 1. The van der Waals surface area contributed by atoms with Crippen molar-refractivity contribution in [3.63, 3.8) is 0 Å². The highest BCUT2D eigenvalue weighted by Gasteiger charge is 2.30. The molecule has 0 spiro atoms. The Bertz CT molecular complexity index is 879. The summed E-state index contributed by atoms with van der Waals surface area (Å²) in [5.41, 5.74) is 2.84. The molecule has 1 aliphatic rings. The van der Waals surface area contributed by atoms with Gasteiger partial charge in [0.05, 0.1) is 12.1 Å². The van der Waals surface area contributed by atoms with E-state index in [0.29, 0.717) is 0 Å². The normalized spacial score (nSPS) is 17.7. The Kier molecular flexibility index (Phi) is 7.11. The average Bonchev–Trinajstić information content (AvgIpc) is 3.14. The number of hydrogen-bond donors (Lipinski definition) is 2. The first-order chi connectivity index (χ1) is 14.3. The van der Waals surface area contributed by atoms with E-state index in [9.17, 15) is 14.7 Å². The number of hydrogen-bond acceptors (Lipinski definition) is 4. The molecule has 1 amide bonds. The molecule has 6 nitrogen and oxygen atoms in total. The lowest BCUT2D eigenvalue weighted by atomic mass is 9.99. The number of carboxylic acids is 1. The van der Waals surface area contributed by atoms with Crippen LogP contribution in [0.1, 0.15) is 32.3 Å². The highest BCUT2D eigenvalue weighted by Crippen LogP contribution is 2.30.